The SMILES string of the molecule is COc1cc2[nH]nc(-c3cnn(C4CC(C#N)C4)c3)c2nc1-c1cccc2c1CCC2C#N. The molecule has 0 aliphatic heterocycles. The molecule has 2 aliphatic rings. The molecule has 162 valence electrons. The zero-order valence-corrected chi connectivity index (χ0v) is 18.1. The van der Waals surface area contributed by atoms with Crippen molar-refractivity contribution in [1.29, 1.82) is 10.5 Å². The molecule has 1 atom stereocenters. The second-order valence-corrected chi connectivity index (χ2v) is 8.76. The summed E-state index contributed by atoms with van der Waals surface area (Å²) in [6.45, 7) is 0. The van der Waals surface area contributed by atoms with Gasteiger partial charge in [-0.2, -0.15) is 20.7 Å². The number of rotatable bonds is 4. The van der Waals surface area contributed by atoms with Crippen LogP contribution in [-0.4, -0.2) is 32.1 Å². The van der Waals surface area contributed by atoms with Crippen LogP contribution in [-0.2, 0) is 6.42 Å². The topological polar surface area (TPSA) is 116 Å². The van der Waals surface area contributed by atoms with Crippen LogP contribution in [0.1, 0.15) is 42.3 Å². The Morgan fingerprint density at radius 3 is 2.85 bits per heavy atom. The molecule has 0 spiro atoms. The Morgan fingerprint density at radius 2 is 2.06 bits per heavy atom. The van der Waals surface area contributed by atoms with Gasteiger partial charge < -0.3 is 4.74 Å². The molecule has 0 radical (unpaired) electrons. The van der Waals surface area contributed by atoms with Gasteiger partial charge in [-0.3, -0.25) is 9.78 Å². The van der Waals surface area contributed by atoms with Gasteiger partial charge in [0.15, 0.2) is 0 Å². The minimum Gasteiger partial charge on any atom is -0.494 e. The van der Waals surface area contributed by atoms with Crippen molar-refractivity contribution < 1.29 is 4.74 Å². The highest BCUT2D eigenvalue weighted by molar-refractivity contribution is 5.93. The normalized spacial score (nSPS) is 21.2. The van der Waals surface area contributed by atoms with Gasteiger partial charge in [0, 0.05) is 23.4 Å². The number of ether oxygens (including phenoxy) is 1. The molecule has 3 aromatic heterocycles. The molecular formula is C25H21N7O. The van der Waals surface area contributed by atoms with Crippen LogP contribution in [0.3, 0.4) is 0 Å². The Balaban J connectivity index is 1.44. The lowest BCUT2D eigenvalue weighted by molar-refractivity contribution is 0.230. The highest BCUT2D eigenvalue weighted by Crippen LogP contribution is 2.42. The van der Waals surface area contributed by atoms with Gasteiger partial charge in [-0.1, -0.05) is 18.2 Å². The summed E-state index contributed by atoms with van der Waals surface area (Å²) in [6.07, 6.45) is 7.14. The molecule has 33 heavy (non-hydrogen) atoms. The third-order valence-corrected chi connectivity index (χ3v) is 6.95. The van der Waals surface area contributed by atoms with Gasteiger partial charge >= 0.3 is 0 Å². The predicted octanol–water partition coefficient (Wildman–Crippen LogP) is 4.53. The Labute approximate surface area is 190 Å². The number of nitriles is 2. The molecule has 1 fully saturated rings. The van der Waals surface area contributed by atoms with Crippen LogP contribution in [0.5, 0.6) is 5.75 Å². The number of methoxy groups -OCH3 is 1. The van der Waals surface area contributed by atoms with Crippen molar-refractivity contribution in [2.24, 2.45) is 5.92 Å². The summed E-state index contributed by atoms with van der Waals surface area (Å²) in [5, 5.41) is 30.7. The molecule has 1 unspecified atom stereocenters. The number of hydrogen-bond donors (Lipinski definition) is 1. The quantitative estimate of drug-likeness (QED) is 0.504. The fourth-order valence-corrected chi connectivity index (χ4v) is 5.06. The molecule has 0 saturated heterocycles. The molecule has 1 N–H and O–H groups in total. The Bertz CT molecular complexity index is 1460. The largest absolute Gasteiger partial charge is 0.494 e. The zero-order valence-electron chi connectivity index (χ0n) is 18.1. The zero-order chi connectivity index (χ0) is 22.5. The van der Waals surface area contributed by atoms with E-state index in [-0.39, 0.29) is 17.9 Å². The monoisotopic (exact) mass is 435 g/mol. The van der Waals surface area contributed by atoms with Crippen LogP contribution < -0.4 is 4.74 Å². The number of aromatic amines is 1. The van der Waals surface area contributed by atoms with Gasteiger partial charge in [0.2, 0.25) is 0 Å². The molecule has 2 aliphatic carbocycles. The van der Waals surface area contributed by atoms with E-state index in [9.17, 15) is 5.26 Å². The average Bonchev–Trinajstić information content (AvgIpc) is 3.54. The molecule has 0 bridgehead atoms. The maximum atomic E-state index is 9.52. The summed E-state index contributed by atoms with van der Waals surface area (Å²) in [7, 11) is 1.64. The molecule has 8 nitrogen and oxygen atoms in total. The number of aromatic nitrogens is 5. The van der Waals surface area contributed by atoms with Crippen molar-refractivity contribution in [3.8, 4) is 40.4 Å². The third kappa shape index (κ3) is 2.99. The predicted molar refractivity (Wildman–Crippen MR) is 121 cm³/mol. The maximum Gasteiger partial charge on any atom is 0.147 e. The summed E-state index contributed by atoms with van der Waals surface area (Å²) in [5.41, 5.74) is 7.17. The van der Waals surface area contributed by atoms with Crippen molar-refractivity contribution in [3.63, 3.8) is 0 Å². The van der Waals surface area contributed by atoms with Crippen LogP contribution in [0.4, 0.5) is 0 Å². The van der Waals surface area contributed by atoms with E-state index in [0.717, 1.165) is 64.8 Å². The maximum absolute atomic E-state index is 9.52. The third-order valence-electron chi connectivity index (χ3n) is 6.95. The minimum atomic E-state index is -0.0721. The molecule has 0 amide bonds. The lowest BCUT2D eigenvalue weighted by Gasteiger charge is -2.30. The first-order valence-electron chi connectivity index (χ1n) is 11.1. The molecular weight excluding hydrogens is 414 g/mol. The van der Waals surface area contributed by atoms with E-state index in [1.54, 1.807) is 13.3 Å². The Hall–Kier alpha value is -4.17. The van der Waals surface area contributed by atoms with Gasteiger partial charge in [0.05, 0.1) is 48.8 Å². The van der Waals surface area contributed by atoms with Crippen molar-refractivity contribution in [3.05, 3.63) is 47.8 Å². The number of H-pyrrole nitrogens is 1. The molecule has 1 saturated carbocycles. The summed E-state index contributed by atoms with van der Waals surface area (Å²) < 4.78 is 7.63. The number of pyridine rings is 1. The Morgan fingerprint density at radius 1 is 1.18 bits per heavy atom. The fourth-order valence-electron chi connectivity index (χ4n) is 5.06. The van der Waals surface area contributed by atoms with Gasteiger partial charge in [0.1, 0.15) is 22.7 Å². The molecule has 3 heterocycles. The van der Waals surface area contributed by atoms with E-state index >= 15 is 0 Å². The van der Waals surface area contributed by atoms with E-state index in [0.29, 0.717) is 5.75 Å². The highest BCUT2D eigenvalue weighted by Gasteiger charge is 2.31. The van der Waals surface area contributed by atoms with Crippen LogP contribution >= 0.6 is 0 Å². The first kappa shape index (κ1) is 19.5. The number of benzene rings is 1. The van der Waals surface area contributed by atoms with E-state index < -0.39 is 0 Å². The molecule has 6 rings (SSSR count). The number of hydrogen-bond acceptors (Lipinski definition) is 6. The Kier molecular flexibility index (Phi) is 4.41. The van der Waals surface area contributed by atoms with E-state index in [2.05, 4.69) is 33.5 Å². The molecule has 8 heteroatoms. The van der Waals surface area contributed by atoms with Crippen molar-refractivity contribution in [2.45, 2.75) is 37.6 Å². The second-order valence-electron chi connectivity index (χ2n) is 8.76. The lowest BCUT2D eigenvalue weighted by Crippen LogP contribution is -2.25. The number of nitrogens with zero attached hydrogens (tertiary/aromatic N) is 6. The highest BCUT2D eigenvalue weighted by atomic mass is 16.5. The van der Waals surface area contributed by atoms with Crippen LogP contribution in [0.25, 0.3) is 33.5 Å². The van der Waals surface area contributed by atoms with Crippen LogP contribution in [0, 0.1) is 28.6 Å². The minimum absolute atomic E-state index is 0.0721. The fraction of sp³-hybridized carbons (Fsp3) is 0.320. The van der Waals surface area contributed by atoms with Gasteiger partial charge in [0.25, 0.3) is 0 Å². The lowest BCUT2D eigenvalue weighted by atomic mass is 9.81. The van der Waals surface area contributed by atoms with Gasteiger partial charge in [-0.15, -0.1) is 0 Å². The summed E-state index contributed by atoms with van der Waals surface area (Å²) in [6, 6.07) is 13.0. The summed E-state index contributed by atoms with van der Waals surface area (Å²) >= 11 is 0. The summed E-state index contributed by atoms with van der Waals surface area (Å²) in [5.74, 6) is 0.718. The van der Waals surface area contributed by atoms with Crippen molar-refractivity contribution in [2.75, 3.05) is 7.11 Å². The first-order valence-corrected chi connectivity index (χ1v) is 11.1. The van der Waals surface area contributed by atoms with Crippen molar-refractivity contribution in [1.82, 2.24) is 25.0 Å². The standard InChI is InChI=1S/C25H21N7O/c1-33-22-9-21-25(29-24(22)20-4-2-3-18-15(11-27)5-6-19(18)20)23(31-30-21)16-12-28-32(13-16)17-7-14(8-17)10-26/h2-4,9,12-15,17H,5-8H2,1H3,(H,30,31). The van der Waals surface area contributed by atoms with E-state index in [4.69, 9.17) is 15.0 Å². The van der Waals surface area contributed by atoms with E-state index in [1.165, 1.54) is 5.56 Å². The van der Waals surface area contributed by atoms with Crippen molar-refractivity contribution >= 4 is 11.0 Å². The van der Waals surface area contributed by atoms with Crippen LogP contribution in [0.15, 0.2) is 36.7 Å². The van der Waals surface area contributed by atoms with E-state index in [1.807, 2.05) is 29.1 Å². The average molecular weight is 435 g/mol. The van der Waals surface area contributed by atoms with Gasteiger partial charge in [-0.05, 0) is 36.8 Å². The summed E-state index contributed by atoms with van der Waals surface area (Å²) in [4.78, 5) is 5.01. The first-order chi connectivity index (χ1) is 16.2. The smallest absolute Gasteiger partial charge is 0.147 e. The number of fused-ring (bicyclic) bond motifs is 2. The van der Waals surface area contributed by atoms with Gasteiger partial charge in [-0.25, -0.2) is 4.98 Å². The number of nitrogens with one attached hydrogen (secondary N) is 1. The molecule has 1 aromatic carbocycles. The molecule has 4 aromatic rings. The van der Waals surface area contributed by atoms with Crippen LogP contribution in [0.2, 0.25) is 0 Å². The second kappa shape index (κ2) is 7.46.